The zero-order chi connectivity index (χ0) is 16.6. The minimum absolute atomic E-state index is 0.0847. The van der Waals surface area contributed by atoms with Crippen molar-refractivity contribution in [1.82, 2.24) is 9.97 Å². The van der Waals surface area contributed by atoms with E-state index in [1.807, 2.05) is 43.3 Å². The largest absolute Gasteiger partial charge is 0.378 e. The van der Waals surface area contributed by atoms with Crippen molar-refractivity contribution in [1.29, 1.82) is 0 Å². The molecule has 0 spiro atoms. The number of anilines is 1. The smallest absolute Gasteiger partial charge is 0.240 e. The number of amides is 1. The van der Waals surface area contributed by atoms with Crippen LogP contribution in [0.25, 0.3) is 10.9 Å². The first kappa shape index (κ1) is 14.8. The van der Waals surface area contributed by atoms with Crippen LogP contribution in [0.2, 0.25) is 0 Å². The third-order valence-electron chi connectivity index (χ3n) is 4.47. The SMILES string of the molecule is Cc1ccc(C2(C(=O)Nc3ccc4cnccc4n3)COC2)cc1. The first-order valence-electron chi connectivity index (χ1n) is 7.84. The molecule has 2 aromatic heterocycles. The number of hydrogen-bond acceptors (Lipinski definition) is 4. The molecule has 0 aliphatic carbocycles. The van der Waals surface area contributed by atoms with Gasteiger partial charge in [0.2, 0.25) is 5.91 Å². The summed E-state index contributed by atoms with van der Waals surface area (Å²) in [6.45, 7) is 2.81. The van der Waals surface area contributed by atoms with Crippen molar-refractivity contribution in [2.75, 3.05) is 18.5 Å². The molecule has 1 aliphatic heterocycles. The molecule has 1 N–H and O–H groups in total. The molecule has 1 aliphatic rings. The molecule has 0 unspecified atom stereocenters. The molecule has 1 aromatic carbocycles. The van der Waals surface area contributed by atoms with E-state index in [4.69, 9.17) is 4.74 Å². The standard InChI is InChI=1S/C19H17N3O2/c1-13-2-5-15(6-3-13)19(11-24-12-19)18(23)22-17-7-4-14-10-20-9-8-16(14)21-17/h2-10H,11-12H2,1H3,(H,21,22,23). The van der Waals surface area contributed by atoms with Gasteiger partial charge in [0.05, 0.1) is 18.7 Å². The van der Waals surface area contributed by atoms with Gasteiger partial charge in [-0.1, -0.05) is 29.8 Å². The molecular weight excluding hydrogens is 302 g/mol. The van der Waals surface area contributed by atoms with Gasteiger partial charge in [0.1, 0.15) is 11.2 Å². The number of carbonyl (C=O) groups excluding carboxylic acids is 1. The van der Waals surface area contributed by atoms with Gasteiger partial charge in [-0.25, -0.2) is 4.98 Å². The van der Waals surface area contributed by atoms with E-state index in [1.165, 1.54) is 5.56 Å². The molecule has 3 heterocycles. The molecule has 3 aromatic rings. The van der Waals surface area contributed by atoms with Gasteiger partial charge in [-0.05, 0) is 30.7 Å². The quantitative estimate of drug-likeness (QED) is 0.806. The minimum Gasteiger partial charge on any atom is -0.378 e. The van der Waals surface area contributed by atoms with Gasteiger partial charge in [-0.3, -0.25) is 9.78 Å². The highest BCUT2D eigenvalue weighted by Gasteiger charge is 2.47. The van der Waals surface area contributed by atoms with Crippen LogP contribution >= 0.6 is 0 Å². The maximum absolute atomic E-state index is 12.9. The molecule has 120 valence electrons. The number of aryl methyl sites for hydroxylation is 1. The summed E-state index contributed by atoms with van der Waals surface area (Å²) in [4.78, 5) is 21.4. The predicted molar refractivity (Wildman–Crippen MR) is 91.8 cm³/mol. The molecular formula is C19H17N3O2. The monoisotopic (exact) mass is 319 g/mol. The van der Waals surface area contributed by atoms with Gasteiger partial charge in [0.25, 0.3) is 0 Å². The number of pyridine rings is 2. The van der Waals surface area contributed by atoms with Crippen molar-refractivity contribution in [3.8, 4) is 0 Å². The van der Waals surface area contributed by atoms with E-state index >= 15 is 0 Å². The average Bonchev–Trinajstić information content (AvgIpc) is 2.55. The Morgan fingerprint density at radius 2 is 1.92 bits per heavy atom. The predicted octanol–water partition coefficient (Wildman–Crippen LogP) is 2.84. The van der Waals surface area contributed by atoms with Crippen molar-refractivity contribution in [3.63, 3.8) is 0 Å². The normalized spacial score (nSPS) is 15.7. The van der Waals surface area contributed by atoms with E-state index in [0.717, 1.165) is 16.5 Å². The van der Waals surface area contributed by atoms with Crippen LogP contribution in [0.4, 0.5) is 5.82 Å². The van der Waals surface area contributed by atoms with Crippen LogP contribution < -0.4 is 5.32 Å². The Morgan fingerprint density at radius 1 is 1.12 bits per heavy atom. The van der Waals surface area contributed by atoms with Crippen LogP contribution in [-0.2, 0) is 14.9 Å². The van der Waals surface area contributed by atoms with Crippen molar-refractivity contribution >= 4 is 22.6 Å². The Morgan fingerprint density at radius 3 is 2.62 bits per heavy atom. The first-order valence-corrected chi connectivity index (χ1v) is 7.84. The number of hydrogen-bond donors (Lipinski definition) is 1. The lowest BCUT2D eigenvalue weighted by atomic mass is 9.77. The molecule has 0 bridgehead atoms. The zero-order valence-corrected chi connectivity index (χ0v) is 13.3. The van der Waals surface area contributed by atoms with Crippen molar-refractivity contribution in [2.24, 2.45) is 0 Å². The highest BCUT2D eigenvalue weighted by Crippen LogP contribution is 2.34. The van der Waals surface area contributed by atoms with E-state index in [2.05, 4.69) is 15.3 Å². The summed E-state index contributed by atoms with van der Waals surface area (Å²) in [5, 5.41) is 3.88. The number of carbonyl (C=O) groups is 1. The third kappa shape index (κ3) is 2.43. The van der Waals surface area contributed by atoms with Crippen LogP contribution in [0.5, 0.6) is 0 Å². The molecule has 0 atom stereocenters. The van der Waals surface area contributed by atoms with Crippen molar-refractivity contribution in [3.05, 3.63) is 66.0 Å². The topological polar surface area (TPSA) is 64.1 Å². The fraction of sp³-hybridized carbons (Fsp3) is 0.211. The summed E-state index contributed by atoms with van der Waals surface area (Å²) in [7, 11) is 0. The van der Waals surface area contributed by atoms with Crippen LogP contribution in [0, 0.1) is 6.92 Å². The van der Waals surface area contributed by atoms with E-state index in [1.54, 1.807) is 18.5 Å². The lowest BCUT2D eigenvalue weighted by Crippen LogP contribution is -2.55. The number of ether oxygens (including phenoxy) is 1. The molecule has 4 rings (SSSR count). The number of aromatic nitrogens is 2. The highest BCUT2D eigenvalue weighted by molar-refractivity contribution is 6.00. The molecule has 0 radical (unpaired) electrons. The summed E-state index contributed by atoms with van der Waals surface area (Å²) < 4.78 is 5.36. The van der Waals surface area contributed by atoms with Gasteiger partial charge in [0.15, 0.2) is 0 Å². The minimum atomic E-state index is -0.636. The number of nitrogens with zero attached hydrogens (tertiary/aromatic N) is 2. The maximum Gasteiger partial charge on any atom is 0.240 e. The van der Waals surface area contributed by atoms with E-state index in [0.29, 0.717) is 19.0 Å². The van der Waals surface area contributed by atoms with Gasteiger partial charge in [0, 0.05) is 17.8 Å². The lowest BCUT2D eigenvalue weighted by molar-refractivity contribution is -0.139. The Labute approximate surface area is 139 Å². The Bertz CT molecular complexity index is 902. The zero-order valence-electron chi connectivity index (χ0n) is 13.3. The summed E-state index contributed by atoms with van der Waals surface area (Å²) in [6.07, 6.45) is 3.44. The van der Waals surface area contributed by atoms with Gasteiger partial charge in [-0.2, -0.15) is 0 Å². The molecule has 1 amide bonds. The number of nitrogens with one attached hydrogen (secondary N) is 1. The average molecular weight is 319 g/mol. The summed E-state index contributed by atoms with van der Waals surface area (Å²) in [6, 6.07) is 13.6. The molecule has 5 heteroatoms. The van der Waals surface area contributed by atoms with Crippen molar-refractivity contribution < 1.29 is 9.53 Å². The van der Waals surface area contributed by atoms with E-state index in [-0.39, 0.29) is 5.91 Å². The third-order valence-corrected chi connectivity index (χ3v) is 4.47. The van der Waals surface area contributed by atoms with Gasteiger partial charge in [-0.15, -0.1) is 0 Å². The maximum atomic E-state index is 12.9. The first-order chi connectivity index (χ1) is 11.7. The second-order valence-corrected chi connectivity index (χ2v) is 6.16. The van der Waals surface area contributed by atoms with Crippen LogP contribution in [0.3, 0.4) is 0 Å². The van der Waals surface area contributed by atoms with Crippen LogP contribution in [0.15, 0.2) is 54.9 Å². The van der Waals surface area contributed by atoms with Gasteiger partial charge < -0.3 is 10.1 Å². The number of fused-ring (bicyclic) bond motifs is 1. The lowest BCUT2D eigenvalue weighted by Gasteiger charge is -2.40. The molecule has 5 nitrogen and oxygen atoms in total. The fourth-order valence-corrected chi connectivity index (χ4v) is 2.88. The molecule has 1 fully saturated rings. The van der Waals surface area contributed by atoms with Crippen LogP contribution in [0.1, 0.15) is 11.1 Å². The number of rotatable bonds is 3. The molecule has 24 heavy (non-hydrogen) atoms. The van der Waals surface area contributed by atoms with E-state index < -0.39 is 5.41 Å². The molecule has 1 saturated heterocycles. The summed E-state index contributed by atoms with van der Waals surface area (Å²) in [5.74, 6) is 0.454. The Balaban J connectivity index is 1.62. The second kappa shape index (κ2) is 5.69. The Hall–Kier alpha value is -2.79. The van der Waals surface area contributed by atoms with E-state index in [9.17, 15) is 4.79 Å². The summed E-state index contributed by atoms with van der Waals surface area (Å²) in [5.41, 5.74) is 2.31. The second-order valence-electron chi connectivity index (χ2n) is 6.16. The van der Waals surface area contributed by atoms with Crippen molar-refractivity contribution in [2.45, 2.75) is 12.3 Å². The van der Waals surface area contributed by atoms with Gasteiger partial charge >= 0.3 is 0 Å². The fourth-order valence-electron chi connectivity index (χ4n) is 2.88. The van der Waals surface area contributed by atoms with Crippen LogP contribution in [-0.4, -0.2) is 29.1 Å². The summed E-state index contributed by atoms with van der Waals surface area (Å²) >= 11 is 0. The Kier molecular flexibility index (Phi) is 3.50. The number of benzene rings is 1. The highest BCUT2D eigenvalue weighted by atomic mass is 16.5. The molecule has 0 saturated carbocycles.